The van der Waals surface area contributed by atoms with Gasteiger partial charge in [0.15, 0.2) is 5.78 Å². The molecular weight excluding hydrogens is 320 g/mol. The van der Waals surface area contributed by atoms with E-state index < -0.39 is 5.92 Å². The van der Waals surface area contributed by atoms with E-state index in [1.54, 1.807) is 18.5 Å². The van der Waals surface area contributed by atoms with Crippen LogP contribution in [0.25, 0.3) is 11.0 Å². The number of carbonyl (C=O) groups excluding carboxylic acids is 2. The highest BCUT2D eigenvalue weighted by Gasteiger charge is 2.33. The zero-order chi connectivity index (χ0) is 17.6. The second kappa shape index (κ2) is 5.66. The Kier molecular flexibility index (Phi) is 3.46. The lowest BCUT2D eigenvalue weighted by atomic mass is 9.84. The summed E-state index contributed by atoms with van der Waals surface area (Å²) in [7, 11) is 0. The lowest BCUT2D eigenvalue weighted by Gasteiger charge is -2.26. The van der Waals surface area contributed by atoms with E-state index in [0.29, 0.717) is 11.1 Å². The molecule has 0 bridgehead atoms. The van der Waals surface area contributed by atoms with Crippen molar-refractivity contribution in [3.63, 3.8) is 0 Å². The summed E-state index contributed by atoms with van der Waals surface area (Å²) in [5.41, 5.74) is 2.91. The van der Waals surface area contributed by atoms with Gasteiger partial charge in [0, 0.05) is 23.9 Å². The molecule has 1 aliphatic rings. The van der Waals surface area contributed by atoms with Crippen LogP contribution in [0.15, 0.2) is 42.7 Å². The van der Waals surface area contributed by atoms with E-state index in [1.165, 1.54) is 13.0 Å². The van der Waals surface area contributed by atoms with Gasteiger partial charge in [0.1, 0.15) is 11.5 Å². The van der Waals surface area contributed by atoms with Gasteiger partial charge in [-0.3, -0.25) is 19.6 Å². The normalized spacial score (nSPS) is 16.4. The van der Waals surface area contributed by atoms with Crippen molar-refractivity contribution in [2.75, 3.05) is 0 Å². The Labute approximate surface area is 143 Å². The quantitative estimate of drug-likeness (QED) is 0.440. The van der Waals surface area contributed by atoms with Crippen LogP contribution in [0.2, 0.25) is 0 Å². The van der Waals surface area contributed by atoms with Crippen molar-refractivity contribution in [2.45, 2.75) is 19.3 Å². The molecule has 1 aromatic heterocycles. The fourth-order valence-corrected chi connectivity index (χ4v) is 3.21. The van der Waals surface area contributed by atoms with Crippen LogP contribution in [0.4, 0.5) is 0 Å². The van der Waals surface area contributed by atoms with E-state index in [1.807, 2.05) is 18.2 Å². The van der Waals surface area contributed by atoms with Gasteiger partial charge in [0.25, 0.3) is 0 Å². The van der Waals surface area contributed by atoms with E-state index in [9.17, 15) is 14.7 Å². The molecule has 3 aromatic rings. The fourth-order valence-electron chi connectivity index (χ4n) is 3.21. The van der Waals surface area contributed by atoms with Gasteiger partial charge in [-0.15, -0.1) is 0 Å². The van der Waals surface area contributed by atoms with Gasteiger partial charge in [-0.25, -0.2) is 0 Å². The molecule has 2 heterocycles. The Morgan fingerprint density at radius 1 is 1.16 bits per heavy atom. The second-order valence-electron chi connectivity index (χ2n) is 5.97. The van der Waals surface area contributed by atoms with Crippen LogP contribution >= 0.6 is 0 Å². The third-order valence-corrected chi connectivity index (χ3v) is 4.40. The average molecular weight is 334 g/mol. The van der Waals surface area contributed by atoms with Gasteiger partial charge >= 0.3 is 5.97 Å². The Balaban J connectivity index is 1.92. The number of hydrogen-bond acceptors (Lipinski definition) is 6. The molecule has 6 nitrogen and oxygen atoms in total. The lowest BCUT2D eigenvalue weighted by Crippen LogP contribution is -2.21. The molecule has 2 aromatic carbocycles. The largest absolute Gasteiger partial charge is 0.507 e. The molecule has 0 aliphatic carbocycles. The number of esters is 1. The minimum absolute atomic E-state index is 0.0771. The number of phenolic OH excluding ortho intramolecular Hbond substituents is 1. The third-order valence-electron chi connectivity index (χ3n) is 4.40. The molecule has 1 unspecified atom stereocenters. The first-order valence-corrected chi connectivity index (χ1v) is 7.82. The van der Waals surface area contributed by atoms with Gasteiger partial charge in [-0.2, -0.15) is 0 Å². The summed E-state index contributed by atoms with van der Waals surface area (Å²) in [6, 6.07) is 8.54. The molecule has 6 heteroatoms. The molecular formula is C19H14N2O4. The Hall–Kier alpha value is -3.28. The predicted molar refractivity (Wildman–Crippen MR) is 89.7 cm³/mol. The minimum atomic E-state index is -0.415. The van der Waals surface area contributed by atoms with Crippen molar-refractivity contribution in [1.82, 2.24) is 9.97 Å². The van der Waals surface area contributed by atoms with E-state index in [0.717, 1.165) is 11.1 Å². The molecule has 124 valence electrons. The number of aromatic nitrogens is 2. The van der Waals surface area contributed by atoms with E-state index in [2.05, 4.69) is 9.97 Å². The Morgan fingerprint density at radius 3 is 2.68 bits per heavy atom. The summed E-state index contributed by atoms with van der Waals surface area (Å²) in [6.45, 7) is 1.39. The highest BCUT2D eigenvalue weighted by molar-refractivity contribution is 5.98. The maximum atomic E-state index is 12.0. The summed E-state index contributed by atoms with van der Waals surface area (Å²) in [5.74, 6) is -0.904. The first-order valence-electron chi connectivity index (χ1n) is 7.82. The molecule has 25 heavy (non-hydrogen) atoms. The number of Topliss-reactive ketones (excluding diaryl/α,β-unsaturated/α-hetero) is 1. The summed E-state index contributed by atoms with van der Waals surface area (Å²) in [5, 5.41) is 10.6. The smallest absolute Gasteiger partial charge is 0.312 e. The van der Waals surface area contributed by atoms with Crippen LogP contribution in [-0.4, -0.2) is 26.8 Å². The first-order chi connectivity index (χ1) is 12.0. The van der Waals surface area contributed by atoms with E-state index in [-0.39, 0.29) is 35.2 Å². The molecule has 1 aliphatic heterocycles. The van der Waals surface area contributed by atoms with Crippen molar-refractivity contribution in [3.05, 3.63) is 59.4 Å². The number of nitrogens with zero attached hydrogens (tertiary/aromatic N) is 2. The number of hydrogen-bond donors (Lipinski definition) is 1. The van der Waals surface area contributed by atoms with Crippen LogP contribution in [0.1, 0.15) is 40.7 Å². The second-order valence-corrected chi connectivity index (χ2v) is 5.97. The van der Waals surface area contributed by atoms with Crippen molar-refractivity contribution >= 4 is 22.8 Å². The van der Waals surface area contributed by atoms with Crippen LogP contribution < -0.4 is 4.74 Å². The topological polar surface area (TPSA) is 89.4 Å². The zero-order valence-corrected chi connectivity index (χ0v) is 13.4. The molecule has 4 rings (SSSR count). The Bertz CT molecular complexity index is 1030. The maximum absolute atomic E-state index is 12.0. The number of carbonyl (C=O) groups is 2. The zero-order valence-electron chi connectivity index (χ0n) is 13.4. The average Bonchev–Trinajstić information content (AvgIpc) is 2.60. The van der Waals surface area contributed by atoms with Crippen LogP contribution in [-0.2, 0) is 4.79 Å². The standard InChI is InChI=1S/C19H14N2O4/c1-10(22)12-3-5-16-18(19(12)24)13(9-17(23)25-16)11-2-4-14-15(8-11)21-7-6-20-14/h2-8,13,24H,9H2,1H3. The lowest BCUT2D eigenvalue weighted by molar-refractivity contribution is -0.135. The molecule has 0 saturated carbocycles. The summed E-state index contributed by atoms with van der Waals surface area (Å²) in [4.78, 5) is 32.3. The van der Waals surface area contributed by atoms with Gasteiger partial charge in [-0.05, 0) is 36.8 Å². The van der Waals surface area contributed by atoms with Crippen LogP contribution in [0.3, 0.4) is 0 Å². The van der Waals surface area contributed by atoms with E-state index in [4.69, 9.17) is 4.74 Å². The number of rotatable bonds is 2. The first kappa shape index (κ1) is 15.3. The number of aromatic hydroxyl groups is 1. The fraction of sp³-hybridized carbons (Fsp3) is 0.158. The summed E-state index contributed by atoms with van der Waals surface area (Å²) in [6.07, 6.45) is 3.29. The number of ether oxygens (including phenoxy) is 1. The number of phenols is 1. The molecule has 0 radical (unpaired) electrons. The molecule has 1 N–H and O–H groups in total. The van der Waals surface area contributed by atoms with Crippen molar-refractivity contribution < 1.29 is 19.4 Å². The van der Waals surface area contributed by atoms with Crippen LogP contribution in [0, 0.1) is 0 Å². The molecule has 1 atom stereocenters. The minimum Gasteiger partial charge on any atom is -0.507 e. The van der Waals surface area contributed by atoms with E-state index >= 15 is 0 Å². The SMILES string of the molecule is CC(=O)c1ccc2c(c1O)C(c1ccc3nccnc3c1)CC(=O)O2. The summed E-state index contributed by atoms with van der Waals surface area (Å²) < 4.78 is 5.25. The van der Waals surface area contributed by atoms with Crippen LogP contribution in [0.5, 0.6) is 11.5 Å². The predicted octanol–water partition coefficient (Wildman–Crippen LogP) is 2.98. The van der Waals surface area contributed by atoms with Crippen molar-refractivity contribution in [2.24, 2.45) is 0 Å². The van der Waals surface area contributed by atoms with Gasteiger partial charge < -0.3 is 9.84 Å². The Morgan fingerprint density at radius 2 is 1.92 bits per heavy atom. The molecule has 0 spiro atoms. The van der Waals surface area contributed by atoms with Gasteiger partial charge in [0.05, 0.1) is 23.0 Å². The highest BCUT2D eigenvalue weighted by atomic mass is 16.5. The van der Waals surface area contributed by atoms with Gasteiger partial charge in [-0.1, -0.05) is 6.07 Å². The highest BCUT2D eigenvalue weighted by Crippen LogP contribution is 2.45. The number of benzene rings is 2. The van der Waals surface area contributed by atoms with Crippen molar-refractivity contribution in [1.29, 1.82) is 0 Å². The summed E-state index contributed by atoms with van der Waals surface area (Å²) >= 11 is 0. The maximum Gasteiger partial charge on any atom is 0.312 e. The molecule has 0 saturated heterocycles. The number of fused-ring (bicyclic) bond motifs is 2. The molecule has 0 amide bonds. The third kappa shape index (κ3) is 2.52. The van der Waals surface area contributed by atoms with Crippen molar-refractivity contribution in [3.8, 4) is 11.5 Å². The van der Waals surface area contributed by atoms with Gasteiger partial charge in [0.2, 0.25) is 0 Å². The number of ketones is 1. The monoisotopic (exact) mass is 334 g/mol. The molecule has 0 fully saturated rings.